The van der Waals surface area contributed by atoms with Crippen molar-refractivity contribution < 1.29 is 27.1 Å². The van der Waals surface area contributed by atoms with E-state index in [1.807, 2.05) is 26.0 Å². The number of fused-ring (bicyclic) bond motifs is 1. The van der Waals surface area contributed by atoms with Gasteiger partial charge in [-0.1, -0.05) is 49.6 Å². The molecule has 9 heteroatoms. The quantitative estimate of drug-likeness (QED) is 0.168. The zero-order chi connectivity index (χ0) is 27.3. The van der Waals surface area contributed by atoms with Crippen LogP contribution in [0.2, 0.25) is 0 Å². The predicted molar refractivity (Wildman–Crippen MR) is 145 cm³/mol. The van der Waals surface area contributed by atoms with Crippen molar-refractivity contribution >= 4 is 27.0 Å². The van der Waals surface area contributed by atoms with Crippen LogP contribution in [0, 0.1) is 6.92 Å². The summed E-state index contributed by atoms with van der Waals surface area (Å²) in [5.41, 5.74) is 2.04. The highest BCUT2D eigenvalue weighted by Gasteiger charge is 2.27. The van der Waals surface area contributed by atoms with Crippen molar-refractivity contribution in [2.75, 3.05) is 7.11 Å². The normalized spacial score (nSPS) is 12.3. The van der Waals surface area contributed by atoms with Gasteiger partial charge in [0.05, 0.1) is 12.0 Å². The molecule has 0 aliphatic carbocycles. The number of aryl methyl sites for hydroxylation is 1. The topological polar surface area (TPSA) is 112 Å². The Morgan fingerprint density at radius 3 is 2.32 bits per heavy atom. The van der Waals surface area contributed by atoms with Crippen LogP contribution >= 0.6 is 0 Å². The number of unbranched alkanes of at least 4 members (excludes halogenated alkanes) is 1. The lowest BCUT2D eigenvalue weighted by Crippen LogP contribution is -2.42. The highest BCUT2D eigenvalue weighted by atomic mass is 32.2. The third kappa shape index (κ3) is 6.30. The number of carbonyl (C=O) groups excluding carboxylic acids is 1. The first kappa shape index (κ1) is 27.1. The van der Waals surface area contributed by atoms with Crippen molar-refractivity contribution in [1.82, 2.24) is 4.72 Å². The summed E-state index contributed by atoms with van der Waals surface area (Å²) in [7, 11) is -2.37. The van der Waals surface area contributed by atoms with E-state index in [0.717, 1.165) is 17.5 Å². The van der Waals surface area contributed by atoms with Crippen LogP contribution in [0.15, 0.2) is 86.9 Å². The number of benzene rings is 3. The molecule has 1 aromatic heterocycles. The van der Waals surface area contributed by atoms with Gasteiger partial charge < -0.3 is 13.9 Å². The van der Waals surface area contributed by atoms with Gasteiger partial charge in [0.1, 0.15) is 23.1 Å². The highest BCUT2D eigenvalue weighted by molar-refractivity contribution is 7.89. The van der Waals surface area contributed by atoms with Crippen molar-refractivity contribution in [3.8, 4) is 22.6 Å². The molecule has 0 aliphatic rings. The number of rotatable bonds is 10. The molecule has 1 atom stereocenters. The Balaban J connectivity index is 1.60. The van der Waals surface area contributed by atoms with Crippen LogP contribution < -0.4 is 19.8 Å². The van der Waals surface area contributed by atoms with Crippen molar-refractivity contribution in [1.29, 1.82) is 0 Å². The summed E-state index contributed by atoms with van der Waals surface area (Å²) < 4.78 is 44.5. The van der Waals surface area contributed by atoms with E-state index in [9.17, 15) is 18.0 Å². The maximum atomic E-state index is 13.1. The Morgan fingerprint density at radius 2 is 1.66 bits per heavy atom. The zero-order valence-electron chi connectivity index (χ0n) is 21.4. The first-order valence-electron chi connectivity index (χ1n) is 12.2. The fourth-order valence-corrected chi connectivity index (χ4v) is 5.23. The van der Waals surface area contributed by atoms with Gasteiger partial charge in [0.15, 0.2) is 0 Å². The number of carbonyl (C=O) groups is 1. The molecule has 1 N–H and O–H groups in total. The fraction of sp³-hybridized carbons (Fsp3) is 0.241. The Labute approximate surface area is 221 Å². The van der Waals surface area contributed by atoms with Crippen molar-refractivity contribution in [2.45, 2.75) is 44.0 Å². The Morgan fingerprint density at radius 1 is 0.974 bits per heavy atom. The summed E-state index contributed by atoms with van der Waals surface area (Å²) in [6.45, 7) is 3.81. The van der Waals surface area contributed by atoms with Crippen LogP contribution in [-0.4, -0.2) is 27.5 Å². The monoisotopic (exact) mass is 535 g/mol. The van der Waals surface area contributed by atoms with Gasteiger partial charge in [-0.05, 0) is 60.9 Å². The van der Waals surface area contributed by atoms with E-state index in [-0.39, 0.29) is 22.6 Å². The molecular formula is C29H29NO7S. The lowest BCUT2D eigenvalue weighted by Gasteiger charge is -2.18. The zero-order valence-corrected chi connectivity index (χ0v) is 22.2. The second-order valence-corrected chi connectivity index (χ2v) is 10.6. The van der Waals surface area contributed by atoms with Crippen molar-refractivity contribution in [3.63, 3.8) is 0 Å². The van der Waals surface area contributed by atoms with Crippen LogP contribution in [0.25, 0.3) is 22.1 Å². The smallest absolute Gasteiger partial charge is 0.336 e. The van der Waals surface area contributed by atoms with Gasteiger partial charge in [0, 0.05) is 17.5 Å². The van der Waals surface area contributed by atoms with E-state index >= 15 is 0 Å². The van der Waals surface area contributed by atoms with E-state index in [2.05, 4.69) is 4.72 Å². The maximum Gasteiger partial charge on any atom is 0.336 e. The van der Waals surface area contributed by atoms with Crippen LogP contribution in [0.5, 0.6) is 11.5 Å². The largest absolute Gasteiger partial charge is 0.497 e. The number of hydrogen-bond acceptors (Lipinski definition) is 7. The number of esters is 1. The number of ether oxygens (including phenoxy) is 2. The molecule has 0 aliphatic heterocycles. The van der Waals surface area contributed by atoms with E-state index in [1.54, 1.807) is 43.5 Å². The van der Waals surface area contributed by atoms with Crippen LogP contribution in [-0.2, 0) is 14.8 Å². The Hall–Kier alpha value is -3.95. The molecule has 0 saturated carbocycles. The minimum Gasteiger partial charge on any atom is -0.497 e. The molecule has 0 amide bonds. The molecular weight excluding hydrogens is 506 g/mol. The number of sulfonamides is 1. The van der Waals surface area contributed by atoms with Gasteiger partial charge in [-0.25, -0.2) is 18.0 Å². The van der Waals surface area contributed by atoms with Gasteiger partial charge in [0.2, 0.25) is 10.0 Å². The first-order chi connectivity index (χ1) is 18.2. The molecule has 8 nitrogen and oxygen atoms in total. The molecule has 0 unspecified atom stereocenters. The standard InChI is InChI=1S/C29H29NO7S/c1-4-5-6-26(30-38(33,34)23-14-7-19(2)8-15-23)29(32)36-22-13-16-24-25(18-28(31)37-27(24)17-22)20-9-11-21(35-3)12-10-20/h7-18,26,30H,4-6H2,1-3H3/t26-/m0/s1. The lowest BCUT2D eigenvalue weighted by molar-refractivity contribution is -0.136. The molecule has 0 fully saturated rings. The van der Waals surface area contributed by atoms with E-state index in [4.69, 9.17) is 13.9 Å². The third-order valence-corrected chi connectivity index (χ3v) is 7.58. The second kappa shape index (κ2) is 11.6. The van der Waals surface area contributed by atoms with Gasteiger partial charge >= 0.3 is 11.6 Å². The minimum absolute atomic E-state index is 0.0657. The minimum atomic E-state index is -3.95. The van der Waals surface area contributed by atoms with E-state index in [1.165, 1.54) is 24.3 Å². The summed E-state index contributed by atoms with van der Waals surface area (Å²) in [5.74, 6) is 0.0709. The van der Waals surface area contributed by atoms with Crippen molar-refractivity contribution in [2.24, 2.45) is 0 Å². The fourth-order valence-electron chi connectivity index (χ4n) is 4.01. The summed E-state index contributed by atoms with van der Waals surface area (Å²) in [6.07, 6.45) is 1.66. The number of methoxy groups -OCH3 is 1. The molecule has 0 bridgehead atoms. The summed E-state index contributed by atoms with van der Waals surface area (Å²) in [5, 5.41) is 0.650. The van der Waals surface area contributed by atoms with Gasteiger partial charge in [0.25, 0.3) is 0 Å². The highest BCUT2D eigenvalue weighted by Crippen LogP contribution is 2.31. The first-order valence-corrected chi connectivity index (χ1v) is 13.7. The molecule has 38 heavy (non-hydrogen) atoms. The number of hydrogen-bond donors (Lipinski definition) is 1. The average Bonchev–Trinajstić information content (AvgIpc) is 2.90. The molecule has 1 heterocycles. The van der Waals surface area contributed by atoms with Crippen LogP contribution in [0.4, 0.5) is 0 Å². The van der Waals surface area contributed by atoms with Crippen molar-refractivity contribution in [3.05, 3.63) is 88.8 Å². The van der Waals surface area contributed by atoms with Gasteiger partial charge in [-0.2, -0.15) is 4.72 Å². The SMILES string of the molecule is CCCC[C@H](NS(=O)(=O)c1ccc(C)cc1)C(=O)Oc1ccc2c(-c3ccc(OC)cc3)cc(=O)oc2c1. The lowest BCUT2D eigenvalue weighted by atomic mass is 10.0. The van der Waals surface area contributed by atoms with Crippen LogP contribution in [0.3, 0.4) is 0 Å². The molecule has 0 spiro atoms. The number of nitrogens with one attached hydrogen (secondary N) is 1. The molecule has 4 aromatic rings. The molecule has 0 saturated heterocycles. The molecule has 4 rings (SSSR count). The third-order valence-electron chi connectivity index (χ3n) is 6.10. The van der Waals surface area contributed by atoms with Gasteiger partial charge in [-0.15, -0.1) is 0 Å². The Kier molecular flexibility index (Phi) is 8.29. The average molecular weight is 536 g/mol. The molecule has 198 valence electrons. The van der Waals surface area contributed by atoms with E-state index < -0.39 is 27.7 Å². The van der Waals surface area contributed by atoms with Crippen LogP contribution in [0.1, 0.15) is 31.7 Å². The molecule has 3 aromatic carbocycles. The predicted octanol–water partition coefficient (Wildman–Crippen LogP) is 5.22. The molecule has 0 radical (unpaired) electrons. The second-order valence-electron chi connectivity index (χ2n) is 8.92. The summed E-state index contributed by atoms with van der Waals surface area (Å²) in [6, 6.07) is 18.7. The summed E-state index contributed by atoms with van der Waals surface area (Å²) >= 11 is 0. The maximum absolute atomic E-state index is 13.1. The summed E-state index contributed by atoms with van der Waals surface area (Å²) in [4.78, 5) is 25.4. The van der Waals surface area contributed by atoms with E-state index in [0.29, 0.717) is 23.1 Å². The Bertz CT molecular complexity index is 1590. The van der Waals surface area contributed by atoms with Gasteiger partial charge in [-0.3, -0.25) is 0 Å².